The van der Waals surface area contributed by atoms with Gasteiger partial charge in [-0.3, -0.25) is 9.79 Å². The second-order valence-corrected chi connectivity index (χ2v) is 8.99. The van der Waals surface area contributed by atoms with E-state index in [-0.39, 0.29) is 12.4 Å². The van der Waals surface area contributed by atoms with Gasteiger partial charge in [0.1, 0.15) is 11.5 Å². The van der Waals surface area contributed by atoms with Crippen LogP contribution in [0.2, 0.25) is 0 Å². The van der Waals surface area contributed by atoms with Gasteiger partial charge in [0.15, 0.2) is 0 Å². The number of rotatable bonds is 9. The Labute approximate surface area is 201 Å². The second kappa shape index (κ2) is 11.3. The molecule has 0 amide bonds. The van der Waals surface area contributed by atoms with Crippen LogP contribution in [0.3, 0.4) is 0 Å². The minimum atomic E-state index is -0.442. The van der Waals surface area contributed by atoms with Crippen LogP contribution in [-0.4, -0.2) is 30.7 Å². The van der Waals surface area contributed by atoms with E-state index in [2.05, 4.69) is 6.92 Å². The SMILES string of the molecule is CCCCOc1ccccc1[C@@H]1C(C(=O)OCCc2ccccc2)=C(C)N=C2CCCC(=O)C21. The van der Waals surface area contributed by atoms with Gasteiger partial charge in [-0.05, 0) is 37.8 Å². The maximum Gasteiger partial charge on any atom is 0.336 e. The zero-order chi connectivity index (χ0) is 23.9. The Morgan fingerprint density at radius 1 is 1.00 bits per heavy atom. The van der Waals surface area contributed by atoms with Gasteiger partial charge in [-0.1, -0.05) is 61.9 Å². The number of carbonyl (C=O) groups is 2. The standard InChI is InChI=1S/C29H33NO4/c1-3-4-18-33-25-16-9-8-13-22(25)27-26(20(2)30-23-14-10-15-24(31)28(23)27)29(32)34-19-17-21-11-6-5-7-12-21/h5-9,11-13,16,27-28H,3-4,10,14-15,17-19H2,1-2H3/t27-,28?/m1/s1. The highest BCUT2D eigenvalue weighted by Crippen LogP contribution is 2.45. The van der Waals surface area contributed by atoms with Crippen LogP contribution in [0.15, 0.2) is 70.9 Å². The molecule has 2 atom stereocenters. The predicted molar refractivity (Wildman–Crippen MR) is 133 cm³/mol. The molecule has 2 aliphatic rings. The van der Waals surface area contributed by atoms with Gasteiger partial charge in [-0.2, -0.15) is 0 Å². The van der Waals surface area contributed by atoms with Gasteiger partial charge in [0.05, 0.1) is 24.7 Å². The third-order valence-corrected chi connectivity index (χ3v) is 6.60. The molecular formula is C29H33NO4. The van der Waals surface area contributed by atoms with Crippen molar-refractivity contribution in [2.45, 2.75) is 58.3 Å². The lowest BCUT2D eigenvalue weighted by Crippen LogP contribution is -2.39. The summed E-state index contributed by atoms with van der Waals surface area (Å²) in [5, 5.41) is 0. The number of fused-ring (bicyclic) bond motifs is 1. The van der Waals surface area contributed by atoms with Crippen LogP contribution in [0, 0.1) is 5.92 Å². The van der Waals surface area contributed by atoms with Crippen molar-refractivity contribution >= 4 is 17.5 Å². The van der Waals surface area contributed by atoms with Crippen LogP contribution < -0.4 is 4.74 Å². The van der Waals surface area contributed by atoms with Crippen LogP contribution in [0.25, 0.3) is 0 Å². The van der Waals surface area contributed by atoms with E-state index in [9.17, 15) is 9.59 Å². The first-order chi connectivity index (χ1) is 16.6. The van der Waals surface area contributed by atoms with Gasteiger partial charge in [0, 0.05) is 35.7 Å². The van der Waals surface area contributed by atoms with Crippen molar-refractivity contribution in [3.63, 3.8) is 0 Å². The highest BCUT2D eigenvalue weighted by Gasteiger charge is 2.44. The minimum absolute atomic E-state index is 0.139. The molecule has 0 spiro atoms. The molecule has 0 aromatic heterocycles. The molecule has 5 heteroatoms. The maximum absolute atomic E-state index is 13.4. The summed E-state index contributed by atoms with van der Waals surface area (Å²) in [4.78, 5) is 31.3. The molecule has 2 aromatic carbocycles. The average Bonchev–Trinajstić information content (AvgIpc) is 2.84. The summed E-state index contributed by atoms with van der Waals surface area (Å²) in [7, 11) is 0. The van der Waals surface area contributed by atoms with Crippen molar-refractivity contribution in [2.24, 2.45) is 10.9 Å². The fraction of sp³-hybridized carbons (Fsp3) is 0.414. The number of esters is 1. The normalized spacial score (nSPS) is 19.9. The third kappa shape index (κ3) is 5.30. The molecular weight excluding hydrogens is 426 g/mol. The van der Waals surface area contributed by atoms with E-state index in [1.54, 1.807) is 0 Å². The van der Waals surface area contributed by atoms with E-state index in [1.807, 2.05) is 61.5 Å². The number of para-hydroxylation sites is 1. The number of hydrogen-bond donors (Lipinski definition) is 0. The first-order valence-corrected chi connectivity index (χ1v) is 12.3. The molecule has 178 valence electrons. The van der Waals surface area contributed by atoms with E-state index in [0.717, 1.165) is 48.3 Å². The number of benzene rings is 2. The Hall–Kier alpha value is -3.21. The Morgan fingerprint density at radius 2 is 1.76 bits per heavy atom. The topological polar surface area (TPSA) is 65.0 Å². The number of ketones is 1. The summed E-state index contributed by atoms with van der Waals surface area (Å²) in [6.45, 7) is 4.84. The summed E-state index contributed by atoms with van der Waals surface area (Å²) in [6.07, 6.45) is 4.70. The second-order valence-electron chi connectivity index (χ2n) is 8.99. The molecule has 0 radical (unpaired) electrons. The Morgan fingerprint density at radius 3 is 2.56 bits per heavy atom. The van der Waals surface area contributed by atoms with Crippen molar-refractivity contribution < 1.29 is 19.1 Å². The third-order valence-electron chi connectivity index (χ3n) is 6.60. The number of carbonyl (C=O) groups excluding carboxylic acids is 2. The zero-order valence-electron chi connectivity index (χ0n) is 20.1. The summed E-state index contributed by atoms with van der Waals surface area (Å²) in [6, 6.07) is 17.7. The van der Waals surface area contributed by atoms with Crippen LogP contribution in [0.4, 0.5) is 0 Å². The monoisotopic (exact) mass is 459 g/mol. The van der Waals surface area contributed by atoms with Crippen LogP contribution >= 0.6 is 0 Å². The molecule has 1 saturated carbocycles. The van der Waals surface area contributed by atoms with Crippen molar-refractivity contribution in [3.8, 4) is 5.75 Å². The van der Waals surface area contributed by atoms with Crippen molar-refractivity contribution in [3.05, 3.63) is 77.0 Å². The predicted octanol–water partition coefficient (Wildman–Crippen LogP) is 5.83. The lowest BCUT2D eigenvalue weighted by molar-refractivity contribution is -0.139. The molecule has 1 aliphatic heterocycles. The molecule has 0 bridgehead atoms. The summed E-state index contributed by atoms with van der Waals surface area (Å²) >= 11 is 0. The molecule has 0 N–H and O–H groups in total. The quantitative estimate of drug-likeness (QED) is 0.349. The Bertz CT molecular complexity index is 1090. The largest absolute Gasteiger partial charge is 0.493 e. The number of ether oxygens (including phenoxy) is 2. The maximum atomic E-state index is 13.4. The van der Waals surface area contributed by atoms with Crippen LogP contribution in [0.5, 0.6) is 5.75 Å². The fourth-order valence-corrected chi connectivity index (χ4v) is 4.90. The summed E-state index contributed by atoms with van der Waals surface area (Å²) in [5.41, 5.74) is 3.96. The molecule has 2 aromatic rings. The average molecular weight is 460 g/mol. The van der Waals surface area contributed by atoms with Gasteiger partial charge in [-0.25, -0.2) is 4.79 Å². The Kier molecular flexibility index (Phi) is 7.94. The highest BCUT2D eigenvalue weighted by atomic mass is 16.5. The molecule has 1 fully saturated rings. The first kappa shape index (κ1) is 23.9. The van der Waals surface area contributed by atoms with E-state index in [0.29, 0.717) is 30.7 Å². The van der Waals surface area contributed by atoms with E-state index >= 15 is 0 Å². The van der Waals surface area contributed by atoms with Crippen LogP contribution in [-0.2, 0) is 20.7 Å². The number of allylic oxidation sites excluding steroid dienone is 1. The molecule has 34 heavy (non-hydrogen) atoms. The molecule has 4 rings (SSSR count). The van der Waals surface area contributed by atoms with Gasteiger partial charge in [-0.15, -0.1) is 0 Å². The number of hydrogen-bond acceptors (Lipinski definition) is 5. The van der Waals surface area contributed by atoms with Gasteiger partial charge < -0.3 is 9.47 Å². The zero-order valence-corrected chi connectivity index (χ0v) is 20.1. The number of unbranched alkanes of at least 4 members (excludes halogenated alkanes) is 1. The molecule has 1 unspecified atom stereocenters. The molecule has 1 aliphatic carbocycles. The number of aliphatic imine (C=N–C) groups is 1. The fourth-order valence-electron chi connectivity index (χ4n) is 4.90. The van der Waals surface area contributed by atoms with Gasteiger partial charge in [0.2, 0.25) is 0 Å². The van der Waals surface area contributed by atoms with E-state index in [1.165, 1.54) is 0 Å². The lowest BCUT2D eigenvalue weighted by atomic mass is 9.69. The van der Waals surface area contributed by atoms with E-state index < -0.39 is 17.8 Å². The van der Waals surface area contributed by atoms with Crippen molar-refractivity contribution in [1.82, 2.24) is 0 Å². The summed E-state index contributed by atoms with van der Waals surface area (Å²) in [5.74, 6) is -0.418. The summed E-state index contributed by atoms with van der Waals surface area (Å²) < 4.78 is 11.9. The number of nitrogens with zero attached hydrogens (tertiary/aromatic N) is 1. The van der Waals surface area contributed by atoms with E-state index in [4.69, 9.17) is 14.5 Å². The van der Waals surface area contributed by atoms with Gasteiger partial charge >= 0.3 is 5.97 Å². The Balaban J connectivity index is 1.66. The molecule has 0 saturated heterocycles. The molecule has 5 nitrogen and oxygen atoms in total. The van der Waals surface area contributed by atoms with Crippen molar-refractivity contribution in [2.75, 3.05) is 13.2 Å². The minimum Gasteiger partial charge on any atom is -0.493 e. The lowest BCUT2D eigenvalue weighted by Gasteiger charge is -2.36. The molecule has 1 heterocycles. The van der Waals surface area contributed by atoms with Gasteiger partial charge in [0.25, 0.3) is 0 Å². The smallest absolute Gasteiger partial charge is 0.336 e. The van der Waals surface area contributed by atoms with Crippen molar-refractivity contribution in [1.29, 1.82) is 0 Å². The number of Topliss-reactive ketones (excluding diaryl/α,β-unsaturated/α-hetero) is 1. The first-order valence-electron chi connectivity index (χ1n) is 12.3. The highest BCUT2D eigenvalue weighted by molar-refractivity contribution is 6.11. The van der Waals surface area contributed by atoms with Crippen LogP contribution in [0.1, 0.15) is 63.0 Å².